The summed E-state index contributed by atoms with van der Waals surface area (Å²) < 4.78 is 11.0. The van der Waals surface area contributed by atoms with Crippen LogP contribution in [0.2, 0.25) is 0 Å². The standard InChI is InChI=1S/C21H27NO2/c1-21(2,3)16-8-6-14(7-9-16)20-17-13-19(24-5)18(23-4)12-15(17)10-11-22-20/h6-9,12-13,20,22H,10-11H2,1-5H3/p+1/t20-/m0/s1. The number of nitrogens with two attached hydrogens (primary N) is 1. The molecular weight excluding hydrogens is 298 g/mol. The summed E-state index contributed by atoms with van der Waals surface area (Å²) in [6, 6.07) is 13.7. The molecule has 0 aliphatic carbocycles. The highest BCUT2D eigenvalue weighted by molar-refractivity contribution is 5.50. The van der Waals surface area contributed by atoms with Crippen molar-refractivity contribution < 1.29 is 14.8 Å². The molecule has 0 saturated heterocycles. The first-order chi connectivity index (χ1) is 11.4. The average Bonchev–Trinajstić information content (AvgIpc) is 2.59. The fraction of sp³-hybridized carbons (Fsp3) is 0.429. The molecule has 2 N–H and O–H groups in total. The normalized spacial score (nSPS) is 17.3. The zero-order valence-electron chi connectivity index (χ0n) is 15.3. The maximum Gasteiger partial charge on any atom is 0.161 e. The van der Waals surface area contributed by atoms with E-state index in [0.29, 0.717) is 6.04 Å². The van der Waals surface area contributed by atoms with Gasteiger partial charge in [0.1, 0.15) is 6.04 Å². The monoisotopic (exact) mass is 326 g/mol. The summed E-state index contributed by atoms with van der Waals surface area (Å²) in [5, 5.41) is 2.42. The van der Waals surface area contributed by atoms with Gasteiger partial charge in [-0.3, -0.25) is 0 Å². The maximum atomic E-state index is 5.51. The lowest BCUT2D eigenvalue weighted by atomic mass is 9.84. The van der Waals surface area contributed by atoms with E-state index < -0.39 is 0 Å². The summed E-state index contributed by atoms with van der Waals surface area (Å²) in [4.78, 5) is 0. The minimum atomic E-state index is 0.184. The van der Waals surface area contributed by atoms with E-state index in [1.54, 1.807) is 14.2 Å². The molecule has 0 aromatic heterocycles. The van der Waals surface area contributed by atoms with Crippen molar-refractivity contribution in [2.75, 3.05) is 20.8 Å². The highest BCUT2D eigenvalue weighted by Gasteiger charge is 2.27. The molecule has 0 bridgehead atoms. The number of ether oxygens (including phenoxy) is 2. The number of fused-ring (bicyclic) bond motifs is 1. The van der Waals surface area contributed by atoms with Crippen LogP contribution in [0.3, 0.4) is 0 Å². The van der Waals surface area contributed by atoms with Gasteiger partial charge in [-0.15, -0.1) is 0 Å². The summed E-state index contributed by atoms with van der Waals surface area (Å²) in [5.41, 5.74) is 5.59. The Morgan fingerprint density at radius 1 is 0.958 bits per heavy atom. The first kappa shape index (κ1) is 16.8. The average molecular weight is 326 g/mol. The van der Waals surface area contributed by atoms with Crippen molar-refractivity contribution >= 4 is 0 Å². The van der Waals surface area contributed by atoms with Gasteiger partial charge < -0.3 is 14.8 Å². The van der Waals surface area contributed by atoms with E-state index in [0.717, 1.165) is 24.5 Å². The van der Waals surface area contributed by atoms with Gasteiger partial charge in [-0.05, 0) is 28.7 Å². The number of hydrogen-bond donors (Lipinski definition) is 1. The van der Waals surface area contributed by atoms with Crippen LogP contribution in [0, 0.1) is 0 Å². The third-order valence-electron chi connectivity index (χ3n) is 4.93. The van der Waals surface area contributed by atoms with E-state index in [-0.39, 0.29) is 5.41 Å². The minimum Gasteiger partial charge on any atom is -0.493 e. The molecule has 0 unspecified atom stereocenters. The molecule has 0 radical (unpaired) electrons. The molecule has 0 saturated carbocycles. The quantitative estimate of drug-likeness (QED) is 0.940. The van der Waals surface area contributed by atoms with Crippen LogP contribution in [0.1, 0.15) is 49.1 Å². The summed E-state index contributed by atoms with van der Waals surface area (Å²) in [7, 11) is 3.39. The van der Waals surface area contributed by atoms with Crippen molar-refractivity contribution in [1.82, 2.24) is 0 Å². The molecule has 3 rings (SSSR count). The van der Waals surface area contributed by atoms with Crippen LogP contribution < -0.4 is 14.8 Å². The number of quaternary nitrogens is 1. The van der Waals surface area contributed by atoms with Crippen LogP contribution in [0.4, 0.5) is 0 Å². The first-order valence-electron chi connectivity index (χ1n) is 8.62. The molecule has 1 atom stereocenters. The number of hydrogen-bond acceptors (Lipinski definition) is 2. The predicted molar refractivity (Wildman–Crippen MR) is 97.0 cm³/mol. The van der Waals surface area contributed by atoms with Crippen molar-refractivity contribution in [3.05, 3.63) is 58.7 Å². The largest absolute Gasteiger partial charge is 0.493 e. The van der Waals surface area contributed by atoms with Crippen LogP contribution in [0.25, 0.3) is 0 Å². The van der Waals surface area contributed by atoms with Gasteiger partial charge in [-0.2, -0.15) is 0 Å². The Kier molecular flexibility index (Phi) is 4.55. The van der Waals surface area contributed by atoms with Crippen LogP contribution in [0.15, 0.2) is 36.4 Å². The first-order valence-corrected chi connectivity index (χ1v) is 8.62. The van der Waals surface area contributed by atoms with Crippen molar-refractivity contribution in [3.63, 3.8) is 0 Å². The Bertz CT molecular complexity index is 714. The molecule has 0 fully saturated rings. The molecule has 1 aliphatic rings. The molecule has 1 heterocycles. The van der Waals surface area contributed by atoms with Crippen LogP contribution in [-0.4, -0.2) is 20.8 Å². The molecular formula is C21H28NO2+. The number of benzene rings is 2. The van der Waals surface area contributed by atoms with E-state index in [2.05, 4.69) is 62.5 Å². The molecule has 2 aromatic rings. The summed E-state index contributed by atoms with van der Waals surface area (Å²) in [5.74, 6) is 1.63. The Hall–Kier alpha value is -2.00. The topological polar surface area (TPSA) is 35.1 Å². The SMILES string of the molecule is COc1cc2c(cc1OC)[C@H](c1ccc(C(C)(C)C)cc1)[NH2+]CC2. The lowest BCUT2D eigenvalue weighted by molar-refractivity contribution is -0.690. The van der Waals surface area contributed by atoms with E-state index in [1.807, 2.05) is 0 Å². The minimum absolute atomic E-state index is 0.184. The van der Waals surface area contributed by atoms with Crippen molar-refractivity contribution in [3.8, 4) is 11.5 Å². The summed E-state index contributed by atoms with van der Waals surface area (Å²) in [6.07, 6.45) is 1.06. The maximum absolute atomic E-state index is 5.51. The van der Waals surface area contributed by atoms with Crippen LogP contribution >= 0.6 is 0 Å². The van der Waals surface area contributed by atoms with Gasteiger partial charge in [-0.1, -0.05) is 45.0 Å². The second kappa shape index (κ2) is 6.48. The second-order valence-corrected chi connectivity index (χ2v) is 7.53. The van der Waals surface area contributed by atoms with Crippen LogP contribution in [-0.2, 0) is 11.8 Å². The number of methoxy groups -OCH3 is 2. The van der Waals surface area contributed by atoms with Crippen molar-refractivity contribution in [2.24, 2.45) is 0 Å². The smallest absolute Gasteiger partial charge is 0.161 e. The van der Waals surface area contributed by atoms with E-state index >= 15 is 0 Å². The Labute approximate surface area is 145 Å². The van der Waals surface area contributed by atoms with E-state index in [4.69, 9.17) is 9.47 Å². The molecule has 1 aliphatic heterocycles. The van der Waals surface area contributed by atoms with Crippen molar-refractivity contribution in [2.45, 2.75) is 38.6 Å². The lowest BCUT2D eigenvalue weighted by Crippen LogP contribution is -2.87. The predicted octanol–water partition coefficient (Wildman–Crippen LogP) is 3.21. The summed E-state index contributed by atoms with van der Waals surface area (Å²) in [6.45, 7) is 7.84. The molecule has 3 nitrogen and oxygen atoms in total. The Morgan fingerprint density at radius 2 is 1.58 bits per heavy atom. The van der Waals surface area contributed by atoms with Crippen LogP contribution in [0.5, 0.6) is 11.5 Å². The third kappa shape index (κ3) is 3.13. The van der Waals surface area contributed by atoms with E-state index in [9.17, 15) is 0 Å². The van der Waals surface area contributed by atoms with Gasteiger partial charge in [0.15, 0.2) is 11.5 Å². The molecule has 3 heteroatoms. The van der Waals surface area contributed by atoms with Gasteiger partial charge in [-0.25, -0.2) is 0 Å². The zero-order valence-corrected chi connectivity index (χ0v) is 15.3. The molecule has 2 aromatic carbocycles. The fourth-order valence-electron chi connectivity index (χ4n) is 3.48. The third-order valence-corrected chi connectivity index (χ3v) is 4.93. The molecule has 0 spiro atoms. The molecule has 0 amide bonds. The van der Waals surface area contributed by atoms with E-state index in [1.165, 1.54) is 22.3 Å². The Morgan fingerprint density at radius 3 is 2.17 bits per heavy atom. The highest BCUT2D eigenvalue weighted by Crippen LogP contribution is 2.35. The lowest BCUT2D eigenvalue weighted by Gasteiger charge is -2.26. The van der Waals surface area contributed by atoms with Crippen molar-refractivity contribution in [1.29, 1.82) is 0 Å². The highest BCUT2D eigenvalue weighted by atomic mass is 16.5. The Balaban J connectivity index is 2.00. The van der Waals surface area contributed by atoms with Gasteiger partial charge in [0.05, 0.1) is 20.8 Å². The van der Waals surface area contributed by atoms with Gasteiger partial charge >= 0.3 is 0 Å². The summed E-state index contributed by atoms with van der Waals surface area (Å²) >= 11 is 0. The zero-order chi connectivity index (χ0) is 17.3. The molecule has 24 heavy (non-hydrogen) atoms. The van der Waals surface area contributed by atoms with Gasteiger partial charge in [0.2, 0.25) is 0 Å². The fourth-order valence-corrected chi connectivity index (χ4v) is 3.48. The second-order valence-electron chi connectivity index (χ2n) is 7.53. The number of rotatable bonds is 3. The van der Waals surface area contributed by atoms with Gasteiger partial charge in [0.25, 0.3) is 0 Å². The molecule has 128 valence electrons. The van der Waals surface area contributed by atoms with Gasteiger partial charge in [0, 0.05) is 17.5 Å².